The van der Waals surface area contributed by atoms with Crippen LogP contribution in [0.3, 0.4) is 0 Å². The van der Waals surface area contributed by atoms with Crippen LogP contribution in [0.1, 0.15) is 20.3 Å². The average molecular weight is 145 g/mol. The smallest absolute Gasteiger partial charge is 0.109 e. The van der Waals surface area contributed by atoms with E-state index in [0.717, 1.165) is 6.42 Å². The van der Waals surface area contributed by atoms with Crippen molar-refractivity contribution >= 4 is 0 Å². The standard InChI is InChI=1S/C8H19NO/c1-7(2)6-8(10-5)9(3)4/h7-8H,6H2,1-5H3. The third kappa shape index (κ3) is 3.85. The number of methoxy groups -OCH3 is 1. The topological polar surface area (TPSA) is 12.5 Å². The fourth-order valence-corrected chi connectivity index (χ4v) is 0.921. The highest BCUT2D eigenvalue weighted by Crippen LogP contribution is 2.08. The lowest BCUT2D eigenvalue weighted by atomic mass is 10.1. The van der Waals surface area contributed by atoms with Crippen LogP contribution in [0.4, 0.5) is 0 Å². The molecule has 2 nitrogen and oxygen atoms in total. The maximum absolute atomic E-state index is 5.25. The highest BCUT2D eigenvalue weighted by molar-refractivity contribution is 4.56. The van der Waals surface area contributed by atoms with E-state index in [4.69, 9.17) is 4.74 Å². The van der Waals surface area contributed by atoms with Gasteiger partial charge in [0.15, 0.2) is 0 Å². The first-order valence-electron chi connectivity index (χ1n) is 3.77. The lowest BCUT2D eigenvalue weighted by molar-refractivity contribution is -0.0172. The van der Waals surface area contributed by atoms with E-state index in [2.05, 4.69) is 18.7 Å². The van der Waals surface area contributed by atoms with Crippen LogP contribution in [0.2, 0.25) is 0 Å². The molecule has 0 aliphatic carbocycles. The van der Waals surface area contributed by atoms with Crippen LogP contribution in [0.15, 0.2) is 0 Å². The zero-order chi connectivity index (χ0) is 8.15. The molecule has 0 aromatic carbocycles. The number of nitrogens with zero attached hydrogens (tertiary/aromatic N) is 1. The SMILES string of the molecule is COC(CC(C)C)N(C)C. The van der Waals surface area contributed by atoms with Gasteiger partial charge in [-0.3, -0.25) is 4.90 Å². The second kappa shape index (κ2) is 4.69. The minimum Gasteiger partial charge on any atom is -0.366 e. The first kappa shape index (κ1) is 9.92. The largest absolute Gasteiger partial charge is 0.366 e. The van der Waals surface area contributed by atoms with E-state index in [1.807, 2.05) is 14.1 Å². The summed E-state index contributed by atoms with van der Waals surface area (Å²) in [5.41, 5.74) is 0. The van der Waals surface area contributed by atoms with Crippen molar-refractivity contribution in [2.75, 3.05) is 21.2 Å². The van der Waals surface area contributed by atoms with E-state index in [1.165, 1.54) is 0 Å². The summed E-state index contributed by atoms with van der Waals surface area (Å²) in [5.74, 6) is 0.701. The van der Waals surface area contributed by atoms with Gasteiger partial charge in [0.25, 0.3) is 0 Å². The van der Waals surface area contributed by atoms with Gasteiger partial charge < -0.3 is 4.74 Å². The third-order valence-electron chi connectivity index (χ3n) is 1.52. The minimum atomic E-state index is 0.278. The predicted octanol–water partition coefficient (Wildman–Crippen LogP) is 1.57. The van der Waals surface area contributed by atoms with Gasteiger partial charge in [-0.2, -0.15) is 0 Å². The Morgan fingerprint density at radius 1 is 1.30 bits per heavy atom. The van der Waals surface area contributed by atoms with Crippen molar-refractivity contribution in [3.63, 3.8) is 0 Å². The summed E-state index contributed by atoms with van der Waals surface area (Å²) in [4.78, 5) is 2.10. The number of ether oxygens (including phenoxy) is 1. The number of hydrogen-bond acceptors (Lipinski definition) is 2. The Labute approximate surface area is 64.2 Å². The summed E-state index contributed by atoms with van der Waals surface area (Å²) in [7, 11) is 5.83. The Balaban J connectivity index is 3.60. The third-order valence-corrected chi connectivity index (χ3v) is 1.52. The maximum Gasteiger partial charge on any atom is 0.109 e. The Bertz CT molecular complexity index is 81.3. The lowest BCUT2D eigenvalue weighted by Gasteiger charge is -2.23. The van der Waals surface area contributed by atoms with E-state index in [0.29, 0.717) is 5.92 Å². The lowest BCUT2D eigenvalue weighted by Crippen LogP contribution is -2.30. The summed E-state index contributed by atoms with van der Waals surface area (Å²) in [6, 6.07) is 0. The maximum atomic E-state index is 5.25. The molecule has 0 heterocycles. The fraction of sp³-hybridized carbons (Fsp3) is 1.00. The van der Waals surface area contributed by atoms with E-state index < -0.39 is 0 Å². The Morgan fingerprint density at radius 2 is 1.80 bits per heavy atom. The molecule has 0 N–H and O–H groups in total. The van der Waals surface area contributed by atoms with Gasteiger partial charge in [0.05, 0.1) is 0 Å². The van der Waals surface area contributed by atoms with E-state index >= 15 is 0 Å². The summed E-state index contributed by atoms with van der Waals surface area (Å²) < 4.78 is 5.25. The molecule has 0 saturated carbocycles. The van der Waals surface area contributed by atoms with Gasteiger partial charge in [0, 0.05) is 7.11 Å². The van der Waals surface area contributed by atoms with Crippen molar-refractivity contribution in [3.05, 3.63) is 0 Å². The Morgan fingerprint density at radius 3 is 1.90 bits per heavy atom. The molecule has 1 atom stereocenters. The second-order valence-electron chi connectivity index (χ2n) is 3.28. The molecule has 0 aromatic rings. The van der Waals surface area contributed by atoms with Crippen LogP contribution in [-0.2, 0) is 4.74 Å². The number of hydrogen-bond donors (Lipinski definition) is 0. The van der Waals surface area contributed by atoms with Gasteiger partial charge in [0.1, 0.15) is 6.23 Å². The molecule has 0 spiro atoms. The molecule has 0 aromatic heterocycles. The normalized spacial score (nSPS) is 14.7. The highest BCUT2D eigenvalue weighted by atomic mass is 16.5. The van der Waals surface area contributed by atoms with Gasteiger partial charge in [-0.1, -0.05) is 13.8 Å². The van der Waals surface area contributed by atoms with Crippen LogP contribution < -0.4 is 0 Å². The van der Waals surface area contributed by atoms with Gasteiger partial charge in [0.2, 0.25) is 0 Å². The summed E-state index contributed by atoms with van der Waals surface area (Å²) in [6.07, 6.45) is 1.38. The van der Waals surface area contributed by atoms with Crippen molar-refractivity contribution in [1.29, 1.82) is 0 Å². The molecular weight excluding hydrogens is 126 g/mol. The molecule has 0 radical (unpaired) electrons. The summed E-state index contributed by atoms with van der Waals surface area (Å²) in [6.45, 7) is 4.41. The zero-order valence-electron chi connectivity index (χ0n) is 7.72. The molecule has 1 unspecified atom stereocenters. The average Bonchev–Trinajstić information content (AvgIpc) is 1.81. The van der Waals surface area contributed by atoms with E-state index in [1.54, 1.807) is 7.11 Å². The van der Waals surface area contributed by atoms with Gasteiger partial charge >= 0.3 is 0 Å². The molecule has 0 rings (SSSR count). The van der Waals surface area contributed by atoms with Gasteiger partial charge in [-0.25, -0.2) is 0 Å². The van der Waals surface area contributed by atoms with Crippen molar-refractivity contribution in [3.8, 4) is 0 Å². The Hall–Kier alpha value is -0.0800. The molecule has 10 heavy (non-hydrogen) atoms. The summed E-state index contributed by atoms with van der Waals surface area (Å²) in [5, 5.41) is 0. The molecule has 2 heteroatoms. The van der Waals surface area contributed by atoms with E-state index in [9.17, 15) is 0 Å². The minimum absolute atomic E-state index is 0.278. The van der Waals surface area contributed by atoms with Crippen LogP contribution in [0, 0.1) is 5.92 Å². The predicted molar refractivity (Wildman–Crippen MR) is 43.9 cm³/mol. The number of rotatable bonds is 4. The molecular formula is C8H19NO. The monoisotopic (exact) mass is 145 g/mol. The molecule has 0 fully saturated rings. The summed E-state index contributed by atoms with van der Waals surface area (Å²) >= 11 is 0. The first-order chi connectivity index (χ1) is 4.57. The molecule has 0 aliphatic rings. The van der Waals surface area contributed by atoms with Crippen molar-refractivity contribution in [1.82, 2.24) is 4.90 Å². The van der Waals surface area contributed by atoms with Gasteiger partial charge in [-0.05, 0) is 26.4 Å². The highest BCUT2D eigenvalue weighted by Gasteiger charge is 2.10. The Kier molecular flexibility index (Phi) is 4.65. The molecule has 0 saturated heterocycles. The van der Waals surface area contributed by atoms with Crippen LogP contribution >= 0.6 is 0 Å². The molecule has 0 amide bonds. The second-order valence-corrected chi connectivity index (χ2v) is 3.28. The van der Waals surface area contributed by atoms with Crippen LogP contribution in [-0.4, -0.2) is 32.3 Å². The first-order valence-corrected chi connectivity index (χ1v) is 3.77. The fourth-order valence-electron chi connectivity index (χ4n) is 0.921. The molecule has 0 bridgehead atoms. The zero-order valence-corrected chi connectivity index (χ0v) is 7.72. The molecule has 62 valence electrons. The van der Waals surface area contributed by atoms with Crippen molar-refractivity contribution < 1.29 is 4.74 Å². The van der Waals surface area contributed by atoms with Crippen molar-refractivity contribution in [2.24, 2.45) is 5.92 Å². The van der Waals surface area contributed by atoms with Crippen LogP contribution in [0.5, 0.6) is 0 Å². The van der Waals surface area contributed by atoms with Gasteiger partial charge in [-0.15, -0.1) is 0 Å². The quantitative estimate of drug-likeness (QED) is 0.557. The van der Waals surface area contributed by atoms with E-state index in [-0.39, 0.29) is 6.23 Å². The van der Waals surface area contributed by atoms with Crippen LogP contribution in [0.25, 0.3) is 0 Å². The van der Waals surface area contributed by atoms with Crippen molar-refractivity contribution in [2.45, 2.75) is 26.5 Å². The molecule has 0 aliphatic heterocycles.